The second kappa shape index (κ2) is 3.26. The zero-order chi connectivity index (χ0) is 13.8. The summed E-state index contributed by atoms with van der Waals surface area (Å²) in [7, 11) is 0. The first-order valence-corrected chi connectivity index (χ1v) is 7.76. The molecule has 5 aliphatic rings. The van der Waals surface area contributed by atoms with Gasteiger partial charge in [-0.15, -0.1) is 0 Å². The predicted octanol–water partition coefficient (Wildman–Crippen LogP) is 2.62. The number of carbonyl (C=O) groups excluding carboxylic acids is 2. The van der Waals surface area contributed by atoms with Crippen LogP contribution in [-0.4, -0.2) is 11.9 Å². The first-order chi connectivity index (χ1) is 9.59. The third-order valence-electron chi connectivity index (χ3n) is 6.41. The highest BCUT2D eigenvalue weighted by Crippen LogP contribution is 2.70. The van der Waals surface area contributed by atoms with Crippen molar-refractivity contribution in [1.82, 2.24) is 0 Å². The number of hydrogen-bond acceptors (Lipinski definition) is 3. The van der Waals surface area contributed by atoms with Gasteiger partial charge in [0.2, 0.25) is 0 Å². The Morgan fingerprint density at radius 2 is 1.45 bits per heavy atom. The van der Waals surface area contributed by atoms with Gasteiger partial charge in [-0.1, -0.05) is 22.3 Å². The molecule has 2 saturated carbocycles. The zero-order valence-corrected chi connectivity index (χ0v) is 11.8. The summed E-state index contributed by atoms with van der Waals surface area (Å²) in [5.41, 5.74) is 5.81. The number of hydrogen-bond donors (Lipinski definition) is 0. The van der Waals surface area contributed by atoms with Crippen LogP contribution in [0.15, 0.2) is 22.3 Å². The number of ether oxygens (including phenoxy) is 1. The number of fused-ring (bicyclic) bond motifs is 11. The summed E-state index contributed by atoms with van der Waals surface area (Å²) < 4.78 is 4.97. The van der Waals surface area contributed by atoms with Gasteiger partial charge in [-0.3, -0.25) is 9.59 Å². The molecule has 0 aromatic rings. The number of allylic oxidation sites excluding steroid dienone is 4. The van der Waals surface area contributed by atoms with E-state index in [4.69, 9.17) is 4.74 Å². The maximum Gasteiger partial charge on any atom is 0.318 e. The largest absolute Gasteiger partial charge is 0.393 e. The molecule has 0 spiro atoms. The molecule has 3 heteroatoms. The number of carbonyl (C=O) groups is 2. The standard InChI is InChI=1S/C17H18O3/c1-6(2)9-12-10-7-3-4-8(5-7)11(10)13(9)15-14(12)16(18)20-17(15)19/h7-8,12-15H,3-5H2,1-2H3/t7-,8-,12-,13-,14-,15-/m0/s1. The number of esters is 2. The van der Waals surface area contributed by atoms with Crippen LogP contribution in [-0.2, 0) is 14.3 Å². The lowest BCUT2D eigenvalue weighted by molar-refractivity contribution is -0.154. The van der Waals surface area contributed by atoms with Crippen LogP contribution < -0.4 is 0 Å². The number of cyclic esters (lactones) is 2. The van der Waals surface area contributed by atoms with Crippen molar-refractivity contribution in [3.05, 3.63) is 22.3 Å². The molecule has 3 fully saturated rings. The van der Waals surface area contributed by atoms with Crippen LogP contribution in [0.2, 0.25) is 0 Å². The fourth-order valence-corrected chi connectivity index (χ4v) is 6.02. The van der Waals surface area contributed by atoms with Crippen LogP contribution in [0, 0.1) is 35.5 Å². The highest BCUT2D eigenvalue weighted by atomic mass is 16.6. The lowest BCUT2D eigenvalue weighted by Gasteiger charge is -2.28. The maximum atomic E-state index is 12.1. The Morgan fingerprint density at radius 1 is 0.950 bits per heavy atom. The topological polar surface area (TPSA) is 43.4 Å². The Kier molecular flexibility index (Phi) is 1.84. The Balaban J connectivity index is 1.76. The average molecular weight is 270 g/mol. The minimum Gasteiger partial charge on any atom is -0.393 e. The molecule has 5 rings (SSSR count). The molecule has 20 heavy (non-hydrogen) atoms. The highest BCUT2D eigenvalue weighted by molar-refractivity contribution is 6.00. The molecule has 1 saturated heterocycles. The summed E-state index contributed by atoms with van der Waals surface area (Å²) in [4.78, 5) is 24.3. The van der Waals surface area contributed by atoms with Crippen molar-refractivity contribution in [2.24, 2.45) is 35.5 Å². The minimum absolute atomic E-state index is 0.199. The van der Waals surface area contributed by atoms with Crippen LogP contribution in [0.25, 0.3) is 0 Å². The van der Waals surface area contributed by atoms with Gasteiger partial charge in [-0.2, -0.15) is 0 Å². The van der Waals surface area contributed by atoms with Crippen molar-refractivity contribution >= 4 is 11.9 Å². The Hall–Kier alpha value is -1.38. The molecule has 0 aromatic heterocycles. The van der Waals surface area contributed by atoms with E-state index in [2.05, 4.69) is 13.8 Å². The van der Waals surface area contributed by atoms with Crippen molar-refractivity contribution in [1.29, 1.82) is 0 Å². The monoisotopic (exact) mass is 270 g/mol. The Labute approximate surface area is 118 Å². The third-order valence-corrected chi connectivity index (χ3v) is 6.41. The van der Waals surface area contributed by atoms with E-state index in [0.29, 0.717) is 11.8 Å². The fraction of sp³-hybridized carbons (Fsp3) is 0.647. The van der Waals surface area contributed by atoms with Crippen LogP contribution in [0.3, 0.4) is 0 Å². The molecule has 1 aliphatic heterocycles. The summed E-state index contributed by atoms with van der Waals surface area (Å²) in [6.45, 7) is 4.27. The molecule has 104 valence electrons. The molecule has 0 unspecified atom stereocenters. The highest BCUT2D eigenvalue weighted by Gasteiger charge is 2.68. The average Bonchev–Trinajstić information content (AvgIpc) is 3.13. The fourth-order valence-electron chi connectivity index (χ4n) is 6.02. The second-order valence-corrected chi connectivity index (χ2v) is 7.32. The van der Waals surface area contributed by atoms with Gasteiger partial charge in [0.15, 0.2) is 0 Å². The van der Waals surface area contributed by atoms with Crippen molar-refractivity contribution < 1.29 is 14.3 Å². The van der Waals surface area contributed by atoms with Gasteiger partial charge in [0.05, 0.1) is 11.8 Å². The Morgan fingerprint density at radius 3 is 1.90 bits per heavy atom. The summed E-state index contributed by atoms with van der Waals surface area (Å²) in [5, 5.41) is 0. The Bertz CT molecular complexity index is 589. The normalized spacial score (nSPS) is 47.2. The maximum absolute atomic E-state index is 12.1. The first-order valence-electron chi connectivity index (χ1n) is 7.76. The van der Waals surface area contributed by atoms with Crippen LogP contribution >= 0.6 is 0 Å². The van der Waals surface area contributed by atoms with E-state index in [1.165, 1.54) is 30.4 Å². The molecular formula is C17H18O3. The molecule has 4 aliphatic carbocycles. The molecule has 0 N–H and O–H groups in total. The summed E-state index contributed by atoms with van der Waals surface area (Å²) in [6, 6.07) is 0. The van der Waals surface area contributed by atoms with Crippen LogP contribution in [0.4, 0.5) is 0 Å². The predicted molar refractivity (Wildman–Crippen MR) is 71.3 cm³/mol. The van der Waals surface area contributed by atoms with Gasteiger partial charge in [-0.05, 0) is 44.9 Å². The van der Waals surface area contributed by atoms with Gasteiger partial charge >= 0.3 is 11.9 Å². The molecule has 6 atom stereocenters. The smallest absolute Gasteiger partial charge is 0.318 e. The first kappa shape index (κ1) is 11.3. The molecular weight excluding hydrogens is 252 g/mol. The lowest BCUT2D eigenvalue weighted by Crippen LogP contribution is -2.29. The van der Waals surface area contributed by atoms with E-state index in [-0.39, 0.29) is 35.6 Å². The molecule has 0 radical (unpaired) electrons. The van der Waals surface area contributed by atoms with Crippen LogP contribution in [0.5, 0.6) is 0 Å². The van der Waals surface area contributed by atoms with Gasteiger partial charge in [0, 0.05) is 11.8 Å². The number of rotatable bonds is 0. The van der Waals surface area contributed by atoms with E-state index < -0.39 is 0 Å². The van der Waals surface area contributed by atoms with E-state index in [0.717, 1.165) is 0 Å². The second-order valence-electron chi connectivity index (χ2n) is 7.32. The summed E-state index contributed by atoms with van der Waals surface area (Å²) in [6.07, 6.45) is 3.84. The van der Waals surface area contributed by atoms with Crippen molar-refractivity contribution in [2.45, 2.75) is 33.1 Å². The van der Waals surface area contributed by atoms with E-state index >= 15 is 0 Å². The zero-order valence-electron chi connectivity index (χ0n) is 11.8. The van der Waals surface area contributed by atoms with Gasteiger partial charge < -0.3 is 4.74 Å². The summed E-state index contributed by atoms with van der Waals surface area (Å²) in [5.74, 6) is 0.859. The van der Waals surface area contributed by atoms with Crippen molar-refractivity contribution in [3.8, 4) is 0 Å². The summed E-state index contributed by atoms with van der Waals surface area (Å²) >= 11 is 0. The van der Waals surface area contributed by atoms with E-state index in [9.17, 15) is 9.59 Å². The molecule has 0 amide bonds. The SMILES string of the molecule is CC(C)=C1[C@H]2C3=C([C@H]4CC[C@H]3C4)[C@H]1[C@@H]1C(=O)OC(=O)[C@@H]21. The van der Waals surface area contributed by atoms with Gasteiger partial charge in [0.25, 0.3) is 0 Å². The van der Waals surface area contributed by atoms with E-state index in [1.54, 1.807) is 11.1 Å². The third kappa shape index (κ3) is 1.00. The quantitative estimate of drug-likeness (QED) is 0.294. The van der Waals surface area contributed by atoms with E-state index in [1.807, 2.05) is 0 Å². The van der Waals surface area contributed by atoms with Crippen molar-refractivity contribution in [2.75, 3.05) is 0 Å². The lowest BCUT2D eigenvalue weighted by atomic mass is 9.72. The van der Waals surface area contributed by atoms with Gasteiger partial charge in [0.1, 0.15) is 0 Å². The minimum atomic E-state index is -0.263. The molecule has 1 heterocycles. The molecule has 4 bridgehead atoms. The molecule has 3 nitrogen and oxygen atoms in total. The molecule has 0 aromatic carbocycles. The van der Waals surface area contributed by atoms with Crippen LogP contribution in [0.1, 0.15) is 33.1 Å². The van der Waals surface area contributed by atoms with Gasteiger partial charge in [-0.25, -0.2) is 0 Å². The van der Waals surface area contributed by atoms with Crippen molar-refractivity contribution in [3.63, 3.8) is 0 Å².